The molecule has 0 bridgehead atoms. The Hall–Kier alpha value is -1.42. The summed E-state index contributed by atoms with van der Waals surface area (Å²) in [5.74, 6) is 2.05. The maximum Gasteiger partial charge on any atom is 0.261 e. The number of ether oxygens (including phenoxy) is 1. The van der Waals surface area contributed by atoms with Gasteiger partial charge in [-0.3, -0.25) is 15.0 Å². The molecule has 0 unspecified atom stereocenters. The van der Waals surface area contributed by atoms with Crippen LogP contribution in [0.1, 0.15) is 21.9 Å². The average molecular weight is 368 g/mol. The number of aryl methyl sites for hydroxylation is 2. The van der Waals surface area contributed by atoms with Crippen molar-refractivity contribution in [1.82, 2.24) is 15.1 Å². The monoisotopic (exact) mass is 368 g/mol. The number of hydrogen-bond donors (Lipinski definition) is 1. The van der Waals surface area contributed by atoms with E-state index < -0.39 is 0 Å². The lowest BCUT2D eigenvalue weighted by Crippen LogP contribution is -2.37. The number of furan rings is 1. The van der Waals surface area contributed by atoms with Gasteiger partial charge < -0.3 is 9.15 Å². The fourth-order valence-corrected chi connectivity index (χ4v) is 4.24. The first kappa shape index (κ1) is 17.4. The molecule has 0 radical (unpaired) electrons. The highest BCUT2D eigenvalue weighted by molar-refractivity contribution is 8.01. The highest BCUT2D eigenvalue weighted by atomic mass is 32.2. The summed E-state index contributed by atoms with van der Waals surface area (Å²) in [6, 6.07) is 1.73. The summed E-state index contributed by atoms with van der Waals surface area (Å²) < 4.78 is 11.6. The number of nitrogens with zero attached hydrogens (tertiary/aromatic N) is 3. The number of rotatable bonds is 6. The van der Waals surface area contributed by atoms with Crippen LogP contribution in [0.4, 0.5) is 5.13 Å². The van der Waals surface area contributed by atoms with Crippen LogP contribution in [0.15, 0.2) is 14.8 Å². The number of anilines is 1. The van der Waals surface area contributed by atoms with E-state index in [0.717, 1.165) is 42.9 Å². The van der Waals surface area contributed by atoms with Crippen molar-refractivity contribution in [3.63, 3.8) is 0 Å². The molecule has 9 heteroatoms. The van der Waals surface area contributed by atoms with Gasteiger partial charge in [0.05, 0.1) is 18.8 Å². The molecular weight excluding hydrogens is 348 g/mol. The van der Waals surface area contributed by atoms with Gasteiger partial charge in [-0.05, 0) is 19.9 Å². The third-order valence-electron chi connectivity index (χ3n) is 3.65. The lowest BCUT2D eigenvalue weighted by Gasteiger charge is -2.25. The number of carbonyl (C=O) groups excluding carboxylic acids is 1. The van der Waals surface area contributed by atoms with Crippen LogP contribution in [0, 0.1) is 13.8 Å². The molecular formula is C15H20N4O3S2. The van der Waals surface area contributed by atoms with Crippen molar-refractivity contribution in [3.8, 4) is 0 Å². The summed E-state index contributed by atoms with van der Waals surface area (Å²) in [5.41, 5.74) is 0.532. The molecule has 0 spiro atoms. The van der Waals surface area contributed by atoms with Gasteiger partial charge in [0.15, 0.2) is 4.34 Å². The molecule has 1 aliphatic heterocycles. The molecule has 1 fully saturated rings. The minimum absolute atomic E-state index is 0.217. The van der Waals surface area contributed by atoms with E-state index in [1.54, 1.807) is 24.8 Å². The Kier molecular flexibility index (Phi) is 5.88. The van der Waals surface area contributed by atoms with Gasteiger partial charge in [-0.1, -0.05) is 23.1 Å². The van der Waals surface area contributed by atoms with E-state index in [1.807, 2.05) is 6.92 Å². The fraction of sp³-hybridized carbons (Fsp3) is 0.533. The van der Waals surface area contributed by atoms with Crippen LogP contribution in [0.2, 0.25) is 0 Å². The van der Waals surface area contributed by atoms with Crippen molar-refractivity contribution in [2.24, 2.45) is 0 Å². The lowest BCUT2D eigenvalue weighted by molar-refractivity contribution is 0.0410. The number of morpholine rings is 1. The maximum atomic E-state index is 12.2. The molecule has 1 saturated heterocycles. The van der Waals surface area contributed by atoms with Crippen molar-refractivity contribution in [3.05, 3.63) is 23.2 Å². The molecule has 3 rings (SSSR count). The quantitative estimate of drug-likeness (QED) is 0.619. The van der Waals surface area contributed by atoms with E-state index in [-0.39, 0.29) is 5.91 Å². The van der Waals surface area contributed by atoms with Gasteiger partial charge >= 0.3 is 0 Å². The first-order valence-corrected chi connectivity index (χ1v) is 9.57. The first-order chi connectivity index (χ1) is 11.6. The number of hydrogen-bond acceptors (Lipinski definition) is 8. The lowest BCUT2D eigenvalue weighted by atomic mass is 10.2. The van der Waals surface area contributed by atoms with E-state index in [2.05, 4.69) is 20.4 Å². The molecule has 3 heterocycles. The molecule has 130 valence electrons. The minimum Gasteiger partial charge on any atom is -0.466 e. The van der Waals surface area contributed by atoms with Crippen LogP contribution in [0.5, 0.6) is 0 Å². The van der Waals surface area contributed by atoms with E-state index in [4.69, 9.17) is 9.15 Å². The van der Waals surface area contributed by atoms with Gasteiger partial charge in [-0.25, -0.2) is 0 Å². The topological polar surface area (TPSA) is 80.5 Å². The Morgan fingerprint density at radius 2 is 2.17 bits per heavy atom. The van der Waals surface area contributed by atoms with Crippen molar-refractivity contribution in [2.45, 2.75) is 18.2 Å². The van der Waals surface area contributed by atoms with Crippen LogP contribution in [0.3, 0.4) is 0 Å². The Bertz CT molecular complexity index is 695. The van der Waals surface area contributed by atoms with E-state index in [0.29, 0.717) is 22.2 Å². The number of aromatic nitrogens is 2. The highest BCUT2D eigenvalue weighted by Gasteiger charge is 2.16. The summed E-state index contributed by atoms with van der Waals surface area (Å²) in [6.45, 7) is 8.19. The summed E-state index contributed by atoms with van der Waals surface area (Å²) >= 11 is 3.05. The SMILES string of the molecule is Cc1cc(C(=O)Nc2nnc(SCCN3CCOCC3)s2)c(C)o1. The molecule has 1 N–H and O–H groups in total. The minimum atomic E-state index is -0.217. The van der Waals surface area contributed by atoms with Gasteiger partial charge in [0.2, 0.25) is 5.13 Å². The second-order valence-corrected chi connectivity index (χ2v) is 7.78. The Labute approximate surface area is 148 Å². The molecule has 2 aromatic heterocycles. The standard InChI is InChI=1S/C15H20N4O3S2/c1-10-9-12(11(2)22-10)13(20)16-14-17-18-15(24-14)23-8-5-19-3-6-21-7-4-19/h9H,3-8H2,1-2H3,(H,16,17,20). The zero-order valence-corrected chi connectivity index (χ0v) is 15.3. The maximum absolute atomic E-state index is 12.2. The van der Waals surface area contributed by atoms with Gasteiger partial charge in [0.1, 0.15) is 11.5 Å². The van der Waals surface area contributed by atoms with Gasteiger partial charge in [0.25, 0.3) is 5.91 Å². The van der Waals surface area contributed by atoms with Crippen LogP contribution < -0.4 is 5.32 Å². The zero-order chi connectivity index (χ0) is 16.9. The van der Waals surface area contributed by atoms with Crippen molar-refractivity contribution in [2.75, 3.05) is 43.9 Å². The Morgan fingerprint density at radius 1 is 1.38 bits per heavy atom. The average Bonchev–Trinajstić information content (AvgIpc) is 3.14. The van der Waals surface area contributed by atoms with Crippen LogP contribution in [0.25, 0.3) is 0 Å². The first-order valence-electron chi connectivity index (χ1n) is 7.76. The molecule has 24 heavy (non-hydrogen) atoms. The number of nitrogens with one attached hydrogen (secondary N) is 1. The predicted molar refractivity (Wildman–Crippen MR) is 94.0 cm³/mol. The second kappa shape index (κ2) is 8.11. The van der Waals surface area contributed by atoms with Crippen molar-refractivity contribution < 1.29 is 13.9 Å². The van der Waals surface area contributed by atoms with Crippen LogP contribution in [-0.4, -0.2) is 59.6 Å². The largest absolute Gasteiger partial charge is 0.466 e. The third kappa shape index (κ3) is 4.56. The normalized spacial score (nSPS) is 15.6. The summed E-state index contributed by atoms with van der Waals surface area (Å²) in [5, 5.41) is 11.4. The van der Waals surface area contributed by atoms with E-state index in [9.17, 15) is 4.79 Å². The smallest absolute Gasteiger partial charge is 0.261 e. The molecule has 0 aromatic carbocycles. The van der Waals surface area contributed by atoms with Gasteiger partial charge in [0, 0.05) is 25.4 Å². The molecule has 0 aliphatic carbocycles. The second-order valence-electron chi connectivity index (χ2n) is 5.46. The fourth-order valence-electron chi connectivity index (χ4n) is 2.43. The van der Waals surface area contributed by atoms with Gasteiger partial charge in [-0.15, -0.1) is 10.2 Å². The van der Waals surface area contributed by atoms with Crippen LogP contribution in [-0.2, 0) is 4.74 Å². The van der Waals surface area contributed by atoms with Crippen LogP contribution >= 0.6 is 23.1 Å². The molecule has 2 aromatic rings. The molecule has 0 saturated carbocycles. The van der Waals surface area contributed by atoms with E-state index >= 15 is 0 Å². The molecule has 7 nitrogen and oxygen atoms in total. The van der Waals surface area contributed by atoms with E-state index in [1.165, 1.54) is 11.3 Å². The summed E-state index contributed by atoms with van der Waals surface area (Å²) in [4.78, 5) is 14.6. The highest BCUT2D eigenvalue weighted by Crippen LogP contribution is 2.26. The summed E-state index contributed by atoms with van der Waals surface area (Å²) in [6.07, 6.45) is 0. The summed E-state index contributed by atoms with van der Waals surface area (Å²) in [7, 11) is 0. The Morgan fingerprint density at radius 3 is 2.88 bits per heavy atom. The number of amides is 1. The van der Waals surface area contributed by atoms with Crippen molar-refractivity contribution in [1.29, 1.82) is 0 Å². The molecule has 1 amide bonds. The predicted octanol–water partition coefficient (Wildman–Crippen LogP) is 2.42. The molecule has 1 aliphatic rings. The third-order valence-corrected chi connectivity index (χ3v) is 5.60. The molecule has 0 atom stereocenters. The van der Waals surface area contributed by atoms with Gasteiger partial charge in [-0.2, -0.15) is 0 Å². The zero-order valence-electron chi connectivity index (χ0n) is 13.7. The number of carbonyl (C=O) groups is 1. The Balaban J connectivity index is 1.48. The number of thioether (sulfide) groups is 1. The van der Waals surface area contributed by atoms with Crippen molar-refractivity contribution >= 4 is 34.1 Å².